The SMILES string of the molecule is CCCCS(=O)(=O)Cl.COC(=O)c1ccccc1S(=O)(=O)Cl.O=S(=O)(Cl)CCCCl. The van der Waals surface area contributed by atoms with E-state index < -0.39 is 33.1 Å². The van der Waals surface area contributed by atoms with Crippen molar-refractivity contribution in [2.45, 2.75) is 31.1 Å². The Bertz CT molecular complexity index is 925. The average Bonchev–Trinajstić information content (AvgIpc) is 2.63. The van der Waals surface area contributed by atoms with Crippen LogP contribution in [-0.4, -0.2) is 55.7 Å². The summed E-state index contributed by atoms with van der Waals surface area (Å²) in [6.45, 7) is 1.92. The summed E-state index contributed by atoms with van der Waals surface area (Å²) in [5.74, 6) is -0.320. The van der Waals surface area contributed by atoms with E-state index in [1.54, 1.807) is 0 Å². The van der Waals surface area contributed by atoms with Gasteiger partial charge in [-0.25, -0.2) is 30.0 Å². The maximum absolute atomic E-state index is 11.1. The second kappa shape index (κ2) is 15.5. The standard InChI is InChI=1S/C8H7ClO4S.C4H9ClO2S.C3H6Cl2O2S/c1-13-8(10)6-4-2-3-5-7(6)14(9,11)12;1-2-3-4-8(5,6)7;4-2-1-3-8(5,6)7/h2-5H,1H3;2-4H2,1H3;1-3H2. The number of unbranched alkanes of at least 4 members (excludes halogenated alkanes) is 1. The fourth-order valence-electron chi connectivity index (χ4n) is 1.50. The molecule has 0 radical (unpaired) electrons. The highest BCUT2D eigenvalue weighted by atomic mass is 35.7. The molecule has 0 spiro atoms. The van der Waals surface area contributed by atoms with Crippen LogP contribution in [0.25, 0.3) is 0 Å². The molecule has 0 heterocycles. The van der Waals surface area contributed by atoms with E-state index in [0.29, 0.717) is 18.7 Å². The largest absolute Gasteiger partial charge is 0.465 e. The van der Waals surface area contributed by atoms with Crippen molar-refractivity contribution in [1.29, 1.82) is 0 Å². The first-order valence-electron chi connectivity index (χ1n) is 8.11. The molecule has 0 atom stereocenters. The Morgan fingerprint density at radius 3 is 1.67 bits per heavy atom. The summed E-state index contributed by atoms with van der Waals surface area (Å²) in [6, 6.07) is 5.58. The number of alkyl halides is 1. The van der Waals surface area contributed by atoms with E-state index in [-0.39, 0.29) is 22.0 Å². The molecule has 1 aromatic rings. The van der Waals surface area contributed by atoms with Gasteiger partial charge in [0.1, 0.15) is 0 Å². The highest BCUT2D eigenvalue weighted by Crippen LogP contribution is 2.20. The number of methoxy groups -OCH3 is 1. The minimum atomic E-state index is -3.92. The number of carbonyl (C=O) groups is 1. The molecule has 0 fully saturated rings. The number of hydrogen-bond donors (Lipinski definition) is 0. The van der Waals surface area contributed by atoms with Gasteiger partial charge in [-0.15, -0.1) is 11.6 Å². The second-order valence-electron chi connectivity index (χ2n) is 5.31. The molecule has 15 heteroatoms. The van der Waals surface area contributed by atoms with Crippen molar-refractivity contribution in [2.24, 2.45) is 0 Å². The van der Waals surface area contributed by atoms with Crippen molar-refractivity contribution >= 4 is 76.8 Å². The van der Waals surface area contributed by atoms with Crippen molar-refractivity contribution in [3.05, 3.63) is 29.8 Å². The monoisotopic (exact) mass is 566 g/mol. The van der Waals surface area contributed by atoms with Gasteiger partial charge in [-0.3, -0.25) is 0 Å². The van der Waals surface area contributed by atoms with E-state index in [1.807, 2.05) is 6.92 Å². The first-order valence-corrected chi connectivity index (χ1v) is 15.9. The van der Waals surface area contributed by atoms with E-state index in [9.17, 15) is 30.0 Å². The number of rotatable bonds is 8. The van der Waals surface area contributed by atoms with Crippen molar-refractivity contribution in [3.63, 3.8) is 0 Å². The summed E-state index contributed by atoms with van der Waals surface area (Å²) >= 11 is 5.18. The van der Waals surface area contributed by atoms with Crippen LogP contribution in [-0.2, 0) is 31.9 Å². The van der Waals surface area contributed by atoms with E-state index >= 15 is 0 Å². The number of halogens is 4. The number of carbonyl (C=O) groups excluding carboxylic acids is 1. The van der Waals surface area contributed by atoms with Gasteiger partial charge in [-0.05, 0) is 25.0 Å². The van der Waals surface area contributed by atoms with Crippen LogP contribution in [0.1, 0.15) is 36.5 Å². The maximum Gasteiger partial charge on any atom is 0.339 e. The first-order chi connectivity index (χ1) is 13.6. The molecule has 0 aliphatic carbocycles. The summed E-state index contributed by atoms with van der Waals surface area (Å²) in [5.41, 5.74) is -0.0648. The minimum absolute atomic E-state index is 0.0297. The molecule has 1 rings (SSSR count). The molecule has 0 aliphatic heterocycles. The zero-order chi connectivity index (χ0) is 24.0. The molecule has 0 saturated carbocycles. The van der Waals surface area contributed by atoms with Crippen molar-refractivity contribution in [1.82, 2.24) is 0 Å². The van der Waals surface area contributed by atoms with Crippen LogP contribution >= 0.6 is 43.6 Å². The number of hydrogen-bond acceptors (Lipinski definition) is 8. The van der Waals surface area contributed by atoms with Gasteiger partial charge in [-0.2, -0.15) is 0 Å². The van der Waals surface area contributed by atoms with Gasteiger partial charge in [-0.1, -0.05) is 25.5 Å². The lowest BCUT2D eigenvalue weighted by atomic mass is 10.2. The molecule has 0 bridgehead atoms. The highest BCUT2D eigenvalue weighted by Gasteiger charge is 2.19. The Hall–Kier alpha value is -0.300. The fraction of sp³-hybridized carbons (Fsp3) is 0.533. The zero-order valence-corrected chi connectivity index (χ0v) is 21.5. The van der Waals surface area contributed by atoms with Crippen LogP contribution in [0.15, 0.2) is 29.2 Å². The number of benzene rings is 1. The predicted octanol–water partition coefficient (Wildman–Crippen LogP) is 3.94. The van der Waals surface area contributed by atoms with E-state index in [1.165, 1.54) is 31.4 Å². The second-order valence-corrected chi connectivity index (χ2v) is 14.0. The van der Waals surface area contributed by atoms with Crippen LogP contribution in [0.3, 0.4) is 0 Å². The van der Waals surface area contributed by atoms with Crippen LogP contribution in [0.5, 0.6) is 0 Å². The Kier molecular flexibility index (Phi) is 16.5. The molecular formula is C15H22Cl4O8S3. The third-order valence-electron chi connectivity index (χ3n) is 2.82. The molecule has 0 aliphatic rings. The van der Waals surface area contributed by atoms with Gasteiger partial charge in [0.2, 0.25) is 18.1 Å². The predicted molar refractivity (Wildman–Crippen MR) is 120 cm³/mol. The average molecular weight is 568 g/mol. The Morgan fingerprint density at radius 1 is 0.900 bits per heavy atom. The summed E-state index contributed by atoms with van der Waals surface area (Å²) in [5, 5.41) is 0. The van der Waals surface area contributed by atoms with Crippen molar-refractivity contribution in [3.8, 4) is 0 Å². The Balaban J connectivity index is 0. The summed E-state index contributed by atoms with van der Waals surface area (Å²) in [7, 11) is 5.58. The number of esters is 1. The van der Waals surface area contributed by atoms with Crippen LogP contribution in [0.2, 0.25) is 0 Å². The normalized spacial score (nSPS) is 11.4. The highest BCUT2D eigenvalue weighted by molar-refractivity contribution is 8.14. The van der Waals surface area contributed by atoms with E-state index in [2.05, 4.69) is 4.74 Å². The Morgan fingerprint density at radius 2 is 1.37 bits per heavy atom. The zero-order valence-electron chi connectivity index (χ0n) is 16.1. The van der Waals surface area contributed by atoms with Gasteiger partial charge in [0.25, 0.3) is 9.05 Å². The van der Waals surface area contributed by atoms with Crippen molar-refractivity contribution < 1.29 is 34.8 Å². The summed E-state index contributed by atoms with van der Waals surface area (Å²) in [6.07, 6.45) is 1.95. The molecule has 176 valence electrons. The molecule has 0 unspecified atom stereocenters. The molecule has 0 amide bonds. The first kappa shape index (κ1) is 31.9. The van der Waals surface area contributed by atoms with E-state index in [0.717, 1.165) is 6.42 Å². The maximum atomic E-state index is 11.1. The van der Waals surface area contributed by atoms with E-state index in [4.69, 9.17) is 43.6 Å². The number of ether oxygens (including phenoxy) is 1. The lowest BCUT2D eigenvalue weighted by Gasteiger charge is -2.03. The third-order valence-corrected chi connectivity index (χ3v) is 6.94. The topological polar surface area (TPSA) is 129 Å². The van der Waals surface area contributed by atoms with Gasteiger partial charge in [0, 0.05) is 37.9 Å². The smallest absolute Gasteiger partial charge is 0.339 e. The van der Waals surface area contributed by atoms with Gasteiger partial charge >= 0.3 is 5.97 Å². The summed E-state index contributed by atoms with van der Waals surface area (Å²) < 4.78 is 67.0. The molecule has 0 aromatic heterocycles. The fourth-order valence-corrected chi connectivity index (χ4v) is 4.63. The van der Waals surface area contributed by atoms with Crippen LogP contribution in [0.4, 0.5) is 0 Å². The summed E-state index contributed by atoms with van der Waals surface area (Å²) in [4.78, 5) is 10.9. The quantitative estimate of drug-likeness (QED) is 0.262. The minimum Gasteiger partial charge on any atom is -0.465 e. The molecule has 0 saturated heterocycles. The van der Waals surface area contributed by atoms with Gasteiger partial charge < -0.3 is 4.74 Å². The third kappa shape index (κ3) is 18.5. The molecular weight excluding hydrogens is 546 g/mol. The molecule has 1 aromatic carbocycles. The molecule has 8 nitrogen and oxygen atoms in total. The van der Waals surface area contributed by atoms with Crippen LogP contribution < -0.4 is 0 Å². The van der Waals surface area contributed by atoms with Gasteiger partial charge in [0.15, 0.2) is 0 Å². The lowest BCUT2D eigenvalue weighted by molar-refractivity contribution is 0.0596. The van der Waals surface area contributed by atoms with Crippen LogP contribution in [0, 0.1) is 0 Å². The molecule has 0 N–H and O–H groups in total. The molecule has 30 heavy (non-hydrogen) atoms. The van der Waals surface area contributed by atoms with Crippen molar-refractivity contribution in [2.75, 3.05) is 24.5 Å². The lowest BCUT2D eigenvalue weighted by Crippen LogP contribution is -2.06. The van der Waals surface area contributed by atoms with Gasteiger partial charge in [0.05, 0.1) is 29.1 Å². The Labute approximate surface area is 196 Å².